The number of ether oxygens (including phenoxy) is 2. The number of nitrogens with one attached hydrogen (secondary N) is 1. The second kappa shape index (κ2) is 8.95. The quantitative estimate of drug-likeness (QED) is 0.684. The van der Waals surface area contributed by atoms with Crippen molar-refractivity contribution in [3.05, 3.63) is 29.8 Å². The van der Waals surface area contributed by atoms with Crippen LogP contribution in [-0.2, 0) is 4.74 Å². The molecular weight excluding hydrogens is 226 g/mol. The Labute approximate surface area is 110 Å². The van der Waals surface area contributed by atoms with Crippen LogP contribution in [0.5, 0.6) is 5.75 Å². The van der Waals surface area contributed by atoms with E-state index in [0.717, 1.165) is 38.3 Å². The average molecular weight is 251 g/mol. The van der Waals surface area contributed by atoms with Gasteiger partial charge in [0.2, 0.25) is 0 Å². The first-order valence-electron chi connectivity index (χ1n) is 6.78. The van der Waals surface area contributed by atoms with Crippen molar-refractivity contribution in [2.45, 2.75) is 32.8 Å². The van der Waals surface area contributed by atoms with Gasteiger partial charge in [-0.1, -0.05) is 32.4 Å². The molecule has 0 heterocycles. The first-order chi connectivity index (χ1) is 8.81. The summed E-state index contributed by atoms with van der Waals surface area (Å²) in [6.45, 7) is 6.89. The van der Waals surface area contributed by atoms with Crippen molar-refractivity contribution < 1.29 is 9.47 Å². The largest absolute Gasteiger partial charge is 0.497 e. The SMILES string of the molecule is CCCCOC(CNCC)c1cccc(OC)c1. The van der Waals surface area contributed by atoms with Crippen LogP contribution in [0.25, 0.3) is 0 Å². The molecule has 3 heteroatoms. The molecular formula is C15H25NO2. The Bertz CT molecular complexity index is 328. The third-order valence-corrected chi connectivity index (χ3v) is 2.86. The van der Waals surface area contributed by atoms with E-state index in [1.165, 1.54) is 5.56 Å². The van der Waals surface area contributed by atoms with E-state index in [4.69, 9.17) is 9.47 Å². The van der Waals surface area contributed by atoms with Gasteiger partial charge in [0.25, 0.3) is 0 Å². The van der Waals surface area contributed by atoms with E-state index < -0.39 is 0 Å². The molecule has 1 unspecified atom stereocenters. The van der Waals surface area contributed by atoms with Crippen molar-refractivity contribution in [1.29, 1.82) is 0 Å². The minimum absolute atomic E-state index is 0.103. The van der Waals surface area contributed by atoms with Crippen LogP contribution in [0.15, 0.2) is 24.3 Å². The number of rotatable bonds is 9. The van der Waals surface area contributed by atoms with Crippen LogP contribution < -0.4 is 10.1 Å². The summed E-state index contributed by atoms with van der Waals surface area (Å²) < 4.78 is 11.2. The van der Waals surface area contributed by atoms with Crippen LogP contribution in [0, 0.1) is 0 Å². The maximum absolute atomic E-state index is 5.95. The van der Waals surface area contributed by atoms with E-state index in [2.05, 4.69) is 25.2 Å². The summed E-state index contributed by atoms with van der Waals surface area (Å²) in [6, 6.07) is 8.11. The van der Waals surface area contributed by atoms with Gasteiger partial charge in [-0.25, -0.2) is 0 Å². The van der Waals surface area contributed by atoms with Crippen LogP contribution in [0.3, 0.4) is 0 Å². The van der Waals surface area contributed by atoms with Gasteiger partial charge in [0.15, 0.2) is 0 Å². The predicted molar refractivity (Wildman–Crippen MR) is 75.1 cm³/mol. The predicted octanol–water partition coefficient (Wildman–Crippen LogP) is 3.16. The lowest BCUT2D eigenvalue weighted by Gasteiger charge is -2.19. The van der Waals surface area contributed by atoms with E-state index in [9.17, 15) is 0 Å². The minimum Gasteiger partial charge on any atom is -0.497 e. The second-order valence-electron chi connectivity index (χ2n) is 4.30. The van der Waals surface area contributed by atoms with Gasteiger partial charge in [0, 0.05) is 13.2 Å². The van der Waals surface area contributed by atoms with Gasteiger partial charge in [0.05, 0.1) is 13.2 Å². The Morgan fingerprint density at radius 3 is 2.78 bits per heavy atom. The Morgan fingerprint density at radius 1 is 1.28 bits per heavy atom. The first-order valence-corrected chi connectivity index (χ1v) is 6.78. The molecule has 0 aliphatic heterocycles. The fourth-order valence-corrected chi connectivity index (χ4v) is 1.76. The molecule has 0 fully saturated rings. The Balaban J connectivity index is 2.66. The van der Waals surface area contributed by atoms with Gasteiger partial charge < -0.3 is 14.8 Å². The molecule has 0 amide bonds. The fourth-order valence-electron chi connectivity index (χ4n) is 1.76. The molecule has 0 aliphatic rings. The maximum atomic E-state index is 5.95. The van der Waals surface area contributed by atoms with Gasteiger partial charge in [-0.2, -0.15) is 0 Å². The molecule has 0 saturated heterocycles. The van der Waals surface area contributed by atoms with E-state index in [0.29, 0.717) is 0 Å². The molecule has 0 radical (unpaired) electrons. The van der Waals surface area contributed by atoms with Crippen molar-refractivity contribution in [2.75, 3.05) is 26.8 Å². The van der Waals surface area contributed by atoms with Crippen molar-refractivity contribution in [1.82, 2.24) is 5.32 Å². The van der Waals surface area contributed by atoms with E-state index >= 15 is 0 Å². The van der Waals surface area contributed by atoms with Crippen molar-refractivity contribution >= 4 is 0 Å². The number of unbranched alkanes of at least 4 members (excludes halogenated alkanes) is 1. The first kappa shape index (κ1) is 15.0. The smallest absolute Gasteiger partial charge is 0.119 e. The highest BCUT2D eigenvalue weighted by molar-refractivity contribution is 5.30. The minimum atomic E-state index is 0.103. The number of likely N-dealkylation sites (N-methyl/N-ethyl adjacent to an activating group) is 1. The average Bonchev–Trinajstić information content (AvgIpc) is 2.42. The summed E-state index contributed by atoms with van der Waals surface area (Å²) in [5.74, 6) is 0.882. The van der Waals surface area contributed by atoms with E-state index in [-0.39, 0.29) is 6.10 Å². The molecule has 1 aromatic carbocycles. The zero-order valence-corrected chi connectivity index (χ0v) is 11.7. The van der Waals surface area contributed by atoms with Gasteiger partial charge in [0.1, 0.15) is 5.75 Å². The molecule has 0 bridgehead atoms. The van der Waals surface area contributed by atoms with E-state index in [1.807, 2.05) is 18.2 Å². The molecule has 0 spiro atoms. The highest BCUT2D eigenvalue weighted by Crippen LogP contribution is 2.21. The normalized spacial score (nSPS) is 12.4. The van der Waals surface area contributed by atoms with Crippen LogP contribution >= 0.6 is 0 Å². The molecule has 102 valence electrons. The molecule has 1 aromatic rings. The van der Waals surface area contributed by atoms with Crippen molar-refractivity contribution in [3.8, 4) is 5.75 Å². The van der Waals surface area contributed by atoms with Crippen molar-refractivity contribution in [2.24, 2.45) is 0 Å². The molecule has 18 heavy (non-hydrogen) atoms. The summed E-state index contributed by atoms with van der Waals surface area (Å²) in [5.41, 5.74) is 1.17. The van der Waals surface area contributed by atoms with Crippen LogP contribution in [-0.4, -0.2) is 26.8 Å². The maximum Gasteiger partial charge on any atom is 0.119 e. The molecule has 0 saturated carbocycles. The lowest BCUT2D eigenvalue weighted by molar-refractivity contribution is 0.0509. The topological polar surface area (TPSA) is 30.5 Å². The molecule has 1 N–H and O–H groups in total. The third-order valence-electron chi connectivity index (χ3n) is 2.86. The number of benzene rings is 1. The van der Waals surface area contributed by atoms with Gasteiger partial charge in [-0.15, -0.1) is 0 Å². The Kier molecular flexibility index (Phi) is 7.46. The molecule has 1 rings (SSSR count). The summed E-state index contributed by atoms with van der Waals surface area (Å²) in [5, 5.41) is 3.35. The third kappa shape index (κ3) is 5.07. The summed E-state index contributed by atoms with van der Waals surface area (Å²) >= 11 is 0. The molecule has 0 aliphatic carbocycles. The monoisotopic (exact) mass is 251 g/mol. The van der Waals surface area contributed by atoms with Gasteiger partial charge >= 0.3 is 0 Å². The Hall–Kier alpha value is -1.06. The van der Waals surface area contributed by atoms with Gasteiger partial charge in [-0.05, 0) is 30.7 Å². The summed E-state index contributed by atoms with van der Waals surface area (Å²) in [4.78, 5) is 0. The molecule has 3 nitrogen and oxygen atoms in total. The highest BCUT2D eigenvalue weighted by atomic mass is 16.5. The molecule has 1 atom stereocenters. The number of hydrogen-bond acceptors (Lipinski definition) is 3. The highest BCUT2D eigenvalue weighted by Gasteiger charge is 2.12. The van der Waals surface area contributed by atoms with Crippen molar-refractivity contribution in [3.63, 3.8) is 0 Å². The summed E-state index contributed by atoms with van der Waals surface area (Å²) in [7, 11) is 1.69. The van der Waals surface area contributed by atoms with E-state index in [1.54, 1.807) is 7.11 Å². The lowest BCUT2D eigenvalue weighted by atomic mass is 10.1. The summed E-state index contributed by atoms with van der Waals surface area (Å²) in [6.07, 6.45) is 2.37. The van der Waals surface area contributed by atoms with Crippen LogP contribution in [0.4, 0.5) is 0 Å². The number of methoxy groups -OCH3 is 1. The fraction of sp³-hybridized carbons (Fsp3) is 0.600. The van der Waals surface area contributed by atoms with Crippen LogP contribution in [0.1, 0.15) is 38.4 Å². The second-order valence-corrected chi connectivity index (χ2v) is 4.30. The molecule has 0 aromatic heterocycles. The Morgan fingerprint density at radius 2 is 2.11 bits per heavy atom. The van der Waals surface area contributed by atoms with Crippen LogP contribution in [0.2, 0.25) is 0 Å². The lowest BCUT2D eigenvalue weighted by Crippen LogP contribution is -2.23. The zero-order chi connectivity index (χ0) is 13.2. The van der Waals surface area contributed by atoms with Gasteiger partial charge in [-0.3, -0.25) is 0 Å². The number of hydrogen-bond donors (Lipinski definition) is 1. The zero-order valence-electron chi connectivity index (χ0n) is 11.7. The standard InChI is InChI=1S/C15H25NO2/c1-4-6-10-18-15(12-16-5-2)13-8-7-9-14(11-13)17-3/h7-9,11,15-16H,4-6,10,12H2,1-3H3.